The number of allylic oxidation sites excluding steroid dienone is 2. The standard InChI is InChI=1S/C27H28N6O/c1-19(2)11-15-33-25-24(22(16-28)26(33)31-13-6-3-7-14-31)30-18-32(27(25)34)17-20-10-12-29-23-9-5-4-8-21(20)23/h4-5,8-12,18H,3,6-7,13-15,17H2,1-2H3. The highest BCUT2D eigenvalue weighted by molar-refractivity contribution is 5.89. The molecular weight excluding hydrogens is 424 g/mol. The number of pyridine rings is 1. The summed E-state index contributed by atoms with van der Waals surface area (Å²) in [6.45, 7) is 6.78. The number of fused-ring (bicyclic) bond motifs is 2. The fourth-order valence-corrected chi connectivity index (χ4v) is 4.83. The molecule has 0 aliphatic carbocycles. The molecule has 3 aromatic heterocycles. The zero-order valence-electron chi connectivity index (χ0n) is 19.7. The zero-order valence-corrected chi connectivity index (χ0v) is 19.7. The second kappa shape index (κ2) is 9.14. The number of nitrogens with zero attached hydrogens (tertiary/aromatic N) is 6. The number of para-hydroxylation sites is 1. The molecule has 0 atom stereocenters. The van der Waals surface area contributed by atoms with Crippen molar-refractivity contribution in [1.29, 1.82) is 5.26 Å². The lowest BCUT2D eigenvalue weighted by Gasteiger charge is -2.29. The van der Waals surface area contributed by atoms with Gasteiger partial charge < -0.3 is 9.47 Å². The molecule has 1 aromatic carbocycles. The summed E-state index contributed by atoms with van der Waals surface area (Å²) in [5.41, 5.74) is 4.42. The van der Waals surface area contributed by atoms with E-state index in [0.717, 1.165) is 53.8 Å². The molecule has 1 aliphatic heterocycles. The molecule has 172 valence electrons. The smallest absolute Gasteiger partial charge is 0.278 e. The minimum atomic E-state index is -0.132. The average molecular weight is 453 g/mol. The van der Waals surface area contributed by atoms with E-state index in [1.54, 1.807) is 17.1 Å². The van der Waals surface area contributed by atoms with Gasteiger partial charge in [0.1, 0.15) is 28.5 Å². The van der Waals surface area contributed by atoms with E-state index in [4.69, 9.17) is 0 Å². The highest BCUT2D eigenvalue weighted by atomic mass is 16.1. The monoisotopic (exact) mass is 452 g/mol. The quantitative estimate of drug-likeness (QED) is 0.413. The third-order valence-electron chi connectivity index (χ3n) is 6.53. The van der Waals surface area contributed by atoms with E-state index in [-0.39, 0.29) is 5.56 Å². The van der Waals surface area contributed by atoms with Crippen molar-refractivity contribution < 1.29 is 0 Å². The normalized spacial score (nSPS) is 13.9. The Balaban J connectivity index is 1.70. The summed E-state index contributed by atoms with van der Waals surface area (Å²) in [5, 5.41) is 11.1. The second-order valence-corrected chi connectivity index (χ2v) is 9.11. The molecule has 1 saturated heterocycles. The van der Waals surface area contributed by atoms with Crippen LogP contribution in [-0.2, 0) is 13.1 Å². The minimum absolute atomic E-state index is 0.132. The van der Waals surface area contributed by atoms with Gasteiger partial charge in [-0.15, -0.1) is 0 Å². The van der Waals surface area contributed by atoms with Crippen LogP contribution in [0, 0.1) is 11.3 Å². The SMILES string of the molecule is CC(C)=CCn1c(N2CCCCC2)c(C#N)c2ncn(Cc3ccnc4ccccc34)c(=O)c21. The summed E-state index contributed by atoms with van der Waals surface area (Å²) in [6, 6.07) is 12.2. The Kier molecular flexibility index (Phi) is 5.89. The van der Waals surface area contributed by atoms with Crippen LogP contribution in [0.5, 0.6) is 0 Å². The number of hydrogen-bond donors (Lipinski definition) is 0. The predicted octanol–water partition coefficient (Wildman–Crippen LogP) is 4.62. The highest BCUT2D eigenvalue weighted by Gasteiger charge is 2.26. The van der Waals surface area contributed by atoms with Crippen molar-refractivity contribution >= 4 is 27.8 Å². The number of benzene rings is 1. The van der Waals surface area contributed by atoms with Crippen molar-refractivity contribution in [2.75, 3.05) is 18.0 Å². The lowest BCUT2D eigenvalue weighted by molar-refractivity contribution is 0.565. The van der Waals surface area contributed by atoms with Gasteiger partial charge in [0.2, 0.25) is 0 Å². The summed E-state index contributed by atoms with van der Waals surface area (Å²) in [4.78, 5) is 25.2. The van der Waals surface area contributed by atoms with Crippen LogP contribution in [0.2, 0.25) is 0 Å². The third-order valence-corrected chi connectivity index (χ3v) is 6.53. The molecule has 4 aromatic rings. The van der Waals surface area contributed by atoms with E-state index in [1.165, 1.54) is 6.42 Å². The Bertz CT molecular complexity index is 1490. The van der Waals surface area contributed by atoms with Crippen molar-refractivity contribution in [2.45, 2.75) is 46.2 Å². The lowest BCUT2D eigenvalue weighted by Crippen LogP contribution is -2.32. The number of anilines is 1. The number of hydrogen-bond acceptors (Lipinski definition) is 5. The molecule has 0 radical (unpaired) electrons. The van der Waals surface area contributed by atoms with Gasteiger partial charge in [-0.25, -0.2) is 4.98 Å². The number of aromatic nitrogens is 4. The average Bonchev–Trinajstić information content (AvgIpc) is 3.19. The van der Waals surface area contributed by atoms with Gasteiger partial charge in [-0.2, -0.15) is 5.26 Å². The fourth-order valence-electron chi connectivity index (χ4n) is 4.83. The van der Waals surface area contributed by atoms with Gasteiger partial charge in [0.05, 0.1) is 18.4 Å². The first kappa shape index (κ1) is 21.9. The Labute approximate surface area is 198 Å². The molecule has 0 spiro atoms. The Morgan fingerprint density at radius 1 is 1.12 bits per heavy atom. The zero-order chi connectivity index (χ0) is 23.7. The van der Waals surface area contributed by atoms with Crippen molar-refractivity contribution in [3.63, 3.8) is 0 Å². The van der Waals surface area contributed by atoms with Crippen LogP contribution in [-0.4, -0.2) is 32.2 Å². The molecular formula is C27H28N6O. The van der Waals surface area contributed by atoms with Gasteiger partial charge in [0.25, 0.3) is 5.56 Å². The molecule has 34 heavy (non-hydrogen) atoms. The van der Waals surface area contributed by atoms with Crippen LogP contribution in [0.15, 0.2) is 59.3 Å². The Hall–Kier alpha value is -3.92. The van der Waals surface area contributed by atoms with Crippen LogP contribution in [0.3, 0.4) is 0 Å². The van der Waals surface area contributed by atoms with E-state index in [0.29, 0.717) is 29.7 Å². The van der Waals surface area contributed by atoms with Gasteiger partial charge in [-0.05, 0) is 50.8 Å². The first-order chi connectivity index (χ1) is 16.6. The third kappa shape index (κ3) is 3.86. The van der Waals surface area contributed by atoms with E-state index < -0.39 is 0 Å². The molecule has 0 bridgehead atoms. The minimum Gasteiger partial charge on any atom is -0.357 e. The molecule has 5 rings (SSSR count). The maximum Gasteiger partial charge on any atom is 0.278 e. The first-order valence-electron chi connectivity index (χ1n) is 11.8. The van der Waals surface area contributed by atoms with E-state index in [9.17, 15) is 10.1 Å². The highest BCUT2D eigenvalue weighted by Crippen LogP contribution is 2.32. The van der Waals surface area contributed by atoms with Gasteiger partial charge in [0, 0.05) is 31.2 Å². The van der Waals surface area contributed by atoms with Crippen molar-refractivity contribution in [1.82, 2.24) is 19.1 Å². The number of piperidine rings is 1. The van der Waals surface area contributed by atoms with Gasteiger partial charge in [-0.1, -0.05) is 29.8 Å². The van der Waals surface area contributed by atoms with Crippen LogP contribution in [0.25, 0.3) is 21.9 Å². The summed E-state index contributed by atoms with van der Waals surface area (Å²) in [6.07, 6.45) is 8.81. The maximum absolute atomic E-state index is 13.8. The topological polar surface area (TPSA) is 79.7 Å². The summed E-state index contributed by atoms with van der Waals surface area (Å²) in [7, 11) is 0. The van der Waals surface area contributed by atoms with Crippen LogP contribution < -0.4 is 10.5 Å². The molecule has 7 nitrogen and oxygen atoms in total. The van der Waals surface area contributed by atoms with E-state index in [1.807, 2.05) is 48.7 Å². The predicted molar refractivity (Wildman–Crippen MR) is 135 cm³/mol. The van der Waals surface area contributed by atoms with Crippen LogP contribution in [0.4, 0.5) is 5.82 Å². The molecule has 7 heteroatoms. The molecule has 0 saturated carbocycles. The summed E-state index contributed by atoms with van der Waals surface area (Å²) < 4.78 is 3.65. The Morgan fingerprint density at radius 2 is 1.91 bits per heavy atom. The summed E-state index contributed by atoms with van der Waals surface area (Å²) >= 11 is 0. The second-order valence-electron chi connectivity index (χ2n) is 9.11. The van der Waals surface area contributed by atoms with Gasteiger partial charge in [-0.3, -0.25) is 14.3 Å². The van der Waals surface area contributed by atoms with E-state index >= 15 is 0 Å². The summed E-state index contributed by atoms with van der Waals surface area (Å²) in [5.74, 6) is 0.825. The lowest BCUT2D eigenvalue weighted by atomic mass is 10.1. The molecule has 0 N–H and O–H groups in total. The maximum atomic E-state index is 13.8. The van der Waals surface area contributed by atoms with Crippen molar-refractivity contribution in [2.24, 2.45) is 0 Å². The first-order valence-corrected chi connectivity index (χ1v) is 11.8. The largest absolute Gasteiger partial charge is 0.357 e. The molecule has 0 amide bonds. The Morgan fingerprint density at radius 3 is 2.68 bits per heavy atom. The van der Waals surface area contributed by atoms with Crippen molar-refractivity contribution in [3.05, 3.63) is 76.0 Å². The molecule has 1 fully saturated rings. The number of rotatable bonds is 5. The fraction of sp³-hybridized carbons (Fsp3) is 0.333. The van der Waals surface area contributed by atoms with Crippen molar-refractivity contribution in [3.8, 4) is 6.07 Å². The van der Waals surface area contributed by atoms with Gasteiger partial charge >= 0.3 is 0 Å². The van der Waals surface area contributed by atoms with Crippen LogP contribution >= 0.6 is 0 Å². The van der Waals surface area contributed by atoms with E-state index in [2.05, 4.69) is 27.0 Å². The molecule has 1 aliphatic rings. The molecule has 0 unspecified atom stereocenters. The number of nitriles is 1. The molecule has 4 heterocycles. The van der Waals surface area contributed by atoms with Gasteiger partial charge in [0.15, 0.2) is 0 Å². The van der Waals surface area contributed by atoms with Crippen LogP contribution in [0.1, 0.15) is 44.2 Å².